The van der Waals surface area contributed by atoms with Crippen LogP contribution < -0.4 is 4.90 Å². The van der Waals surface area contributed by atoms with Crippen LogP contribution in [0.3, 0.4) is 0 Å². The van der Waals surface area contributed by atoms with Crippen LogP contribution in [0.25, 0.3) is 0 Å². The third-order valence-corrected chi connectivity index (χ3v) is 7.01. The molecule has 0 spiro atoms. The first-order valence-corrected chi connectivity index (χ1v) is 11.4. The first-order valence-electron chi connectivity index (χ1n) is 9.61. The van der Waals surface area contributed by atoms with Crippen LogP contribution in [-0.2, 0) is 16.6 Å². The predicted octanol–water partition coefficient (Wildman–Crippen LogP) is 4.09. The van der Waals surface area contributed by atoms with Gasteiger partial charge < -0.3 is 9.80 Å². The minimum absolute atomic E-state index is 0.0974. The highest BCUT2D eigenvalue weighted by molar-refractivity contribution is 7.90. The molecule has 29 heavy (non-hydrogen) atoms. The number of amides is 1. The Morgan fingerprint density at radius 2 is 1.97 bits per heavy atom. The van der Waals surface area contributed by atoms with Crippen LogP contribution in [0.5, 0.6) is 0 Å². The molecule has 0 atom stereocenters. The molecule has 0 bridgehead atoms. The van der Waals surface area contributed by atoms with Crippen molar-refractivity contribution in [2.75, 3.05) is 18.5 Å². The summed E-state index contributed by atoms with van der Waals surface area (Å²) in [5.41, 5.74) is 1.76. The lowest BCUT2D eigenvalue weighted by molar-refractivity contribution is 0.0785. The van der Waals surface area contributed by atoms with Gasteiger partial charge in [0, 0.05) is 37.1 Å². The van der Waals surface area contributed by atoms with Gasteiger partial charge in [-0.1, -0.05) is 36.2 Å². The maximum atomic E-state index is 12.9. The first-order chi connectivity index (χ1) is 13.9. The molecule has 1 amide bonds. The molecular weight excluding hydrogens is 410 g/mol. The number of hydrogen-bond donors (Lipinski definition) is 0. The molecule has 152 valence electrons. The molecule has 0 aromatic heterocycles. The average molecular weight is 432 g/mol. The van der Waals surface area contributed by atoms with Crippen molar-refractivity contribution < 1.29 is 13.2 Å². The van der Waals surface area contributed by atoms with Crippen molar-refractivity contribution in [1.29, 1.82) is 0 Å². The molecule has 2 aromatic rings. The fourth-order valence-corrected chi connectivity index (χ4v) is 5.27. The summed E-state index contributed by atoms with van der Waals surface area (Å²) < 4.78 is 29.6. The molecule has 0 aliphatic carbocycles. The number of nitrogens with zero attached hydrogens (tertiary/aromatic N) is 3. The summed E-state index contributed by atoms with van der Waals surface area (Å²) in [4.78, 5) is 16.5. The van der Waals surface area contributed by atoms with E-state index in [-0.39, 0.29) is 10.8 Å². The zero-order valence-corrected chi connectivity index (χ0v) is 17.7. The molecule has 2 heterocycles. The Bertz CT molecular complexity index is 1100. The van der Waals surface area contributed by atoms with Gasteiger partial charge in [0.2, 0.25) is 0 Å². The smallest absolute Gasteiger partial charge is 0.286 e. The first kappa shape index (κ1) is 19.9. The van der Waals surface area contributed by atoms with E-state index < -0.39 is 10.0 Å². The van der Waals surface area contributed by atoms with Gasteiger partial charge in [0.15, 0.2) is 0 Å². The molecule has 1 fully saturated rings. The highest BCUT2D eigenvalue weighted by Crippen LogP contribution is 2.35. The largest absolute Gasteiger partial charge is 0.337 e. The van der Waals surface area contributed by atoms with Crippen LogP contribution >= 0.6 is 11.6 Å². The van der Waals surface area contributed by atoms with E-state index in [9.17, 15) is 13.2 Å². The number of hydrogen-bond acceptors (Lipinski definition) is 4. The van der Waals surface area contributed by atoms with Crippen molar-refractivity contribution in [2.45, 2.75) is 37.1 Å². The van der Waals surface area contributed by atoms with Crippen molar-refractivity contribution in [1.82, 2.24) is 4.90 Å². The number of amidine groups is 1. The fourth-order valence-electron chi connectivity index (χ4n) is 3.79. The fraction of sp³-hybridized carbons (Fsp3) is 0.333. The van der Waals surface area contributed by atoms with Gasteiger partial charge in [-0.2, -0.15) is 8.42 Å². The number of anilines is 1. The SMILES string of the molecule is CN(Cc1ccccc1Cl)C(=O)c1ccc2c(c1)S(=O)(=O)N=C1CCCCCN12. The Balaban J connectivity index is 1.65. The lowest BCUT2D eigenvalue weighted by Gasteiger charge is -2.30. The number of fused-ring (bicyclic) bond motifs is 3. The quantitative estimate of drug-likeness (QED) is 0.733. The Hall–Kier alpha value is -2.38. The van der Waals surface area contributed by atoms with Gasteiger partial charge in [0.25, 0.3) is 15.9 Å². The average Bonchev–Trinajstić information content (AvgIpc) is 2.93. The van der Waals surface area contributed by atoms with Gasteiger partial charge >= 0.3 is 0 Å². The van der Waals surface area contributed by atoms with Gasteiger partial charge in [-0.05, 0) is 42.7 Å². The van der Waals surface area contributed by atoms with Crippen LogP contribution in [0.2, 0.25) is 5.02 Å². The highest BCUT2D eigenvalue weighted by Gasteiger charge is 2.32. The van der Waals surface area contributed by atoms with Crippen LogP contribution in [-0.4, -0.2) is 38.7 Å². The topological polar surface area (TPSA) is 70.0 Å². The summed E-state index contributed by atoms with van der Waals surface area (Å²) in [6.45, 7) is 1.07. The van der Waals surface area contributed by atoms with Crippen LogP contribution in [0.15, 0.2) is 51.8 Å². The Morgan fingerprint density at radius 1 is 1.17 bits per heavy atom. The molecule has 2 aliphatic rings. The van der Waals surface area contributed by atoms with Gasteiger partial charge in [-0.25, -0.2) is 0 Å². The second-order valence-corrected chi connectivity index (χ2v) is 9.36. The zero-order valence-electron chi connectivity index (χ0n) is 16.1. The molecule has 0 unspecified atom stereocenters. The summed E-state index contributed by atoms with van der Waals surface area (Å²) in [5.74, 6) is 0.332. The van der Waals surface area contributed by atoms with E-state index in [0.717, 1.165) is 31.4 Å². The van der Waals surface area contributed by atoms with Gasteiger partial charge in [0.05, 0.1) is 5.69 Å². The van der Waals surface area contributed by atoms with E-state index in [1.165, 1.54) is 11.0 Å². The number of halogens is 1. The summed E-state index contributed by atoms with van der Waals surface area (Å²) in [6.07, 6.45) is 3.62. The van der Waals surface area contributed by atoms with E-state index in [4.69, 9.17) is 11.6 Å². The zero-order chi connectivity index (χ0) is 20.6. The van der Waals surface area contributed by atoms with Gasteiger partial charge in [-0.3, -0.25) is 4.79 Å². The molecule has 4 rings (SSSR count). The summed E-state index contributed by atoms with van der Waals surface area (Å²) in [7, 11) is -2.15. The summed E-state index contributed by atoms with van der Waals surface area (Å²) in [5, 5.41) is 0.586. The van der Waals surface area contributed by atoms with Crippen molar-refractivity contribution in [3.05, 3.63) is 58.6 Å². The molecule has 1 saturated heterocycles. The van der Waals surface area contributed by atoms with Gasteiger partial charge in [0.1, 0.15) is 10.7 Å². The number of rotatable bonds is 3. The second kappa shape index (κ2) is 7.80. The van der Waals surface area contributed by atoms with E-state index in [1.807, 2.05) is 23.1 Å². The van der Waals surface area contributed by atoms with E-state index in [2.05, 4.69) is 4.40 Å². The van der Waals surface area contributed by atoms with E-state index in [0.29, 0.717) is 35.1 Å². The third kappa shape index (κ3) is 3.89. The number of carbonyl (C=O) groups is 1. The highest BCUT2D eigenvalue weighted by atomic mass is 35.5. The molecule has 2 aromatic carbocycles. The normalized spacial score (nSPS) is 17.6. The number of carbonyl (C=O) groups excluding carboxylic acids is 1. The molecule has 2 aliphatic heterocycles. The number of benzene rings is 2. The Labute approximate surface area is 175 Å². The molecule has 6 nitrogen and oxygen atoms in total. The lowest BCUT2D eigenvalue weighted by atomic mass is 10.1. The third-order valence-electron chi connectivity index (χ3n) is 5.31. The van der Waals surface area contributed by atoms with Crippen LogP contribution in [0.1, 0.15) is 41.6 Å². The van der Waals surface area contributed by atoms with Crippen LogP contribution in [0.4, 0.5) is 5.69 Å². The van der Waals surface area contributed by atoms with E-state index in [1.54, 1.807) is 25.2 Å². The number of sulfonamides is 1. The minimum atomic E-state index is -3.82. The molecule has 0 saturated carbocycles. The molecular formula is C21H22ClN3O3S. The van der Waals surface area contributed by atoms with Crippen molar-refractivity contribution in [2.24, 2.45) is 4.40 Å². The Morgan fingerprint density at radius 3 is 2.76 bits per heavy atom. The predicted molar refractivity (Wildman–Crippen MR) is 114 cm³/mol. The monoisotopic (exact) mass is 431 g/mol. The van der Waals surface area contributed by atoms with Crippen molar-refractivity contribution in [3.63, 3.8) is 0 Å². The maximum absolute atomic E-state index is 12.9. The summed E-state index contributed by atoms with van der Waals surface area (Å²) >= 11 is 6.19. The lowest BCUT2D eigenvalue weighted by Crippen LogP contribution is -2.35. The standard InChI is InChI=1S/C21H22ClN3O3S/c1-24(14-16-7-4-5-8-17(16)22)21(26)15-10-11-18-19(13-15)29(27,28)23-20-9-3-2-6-12-25(18)20/h4-5,7-8,10-11,13H,2-3,6,9,12,14H2,1H3. The van der Waals surface area contributed by atoms with Crippen LogP contribution in [0, 0.1) is 0 Å². The molecule has 0 N–H and O–H groups in total. The van der Waals surface area contributed by atoms with E-state index >= 15 is 0 Å². The summed E-state index contributed by atoms with van der Waals surface area (Å²) in [6, 6.07) is 12.2. The minimum Gasteiger partial charge on any atom is -0.337 e. The van der Waals surface area contributed by atoms with Gasteiger partial charge in [-0.15, -0.1) is 4.40 Å². The molecule has 8 heteroatoms. The van der Waals surface area contributed by atoms with Crippen molar-refractivity contribution >= 4 is 39.1 Å². The second-order valence-electron chi connectivity index (χ2n) is 7.38. The van der Waals surface area contributed by atoms with Crippen molar-refractivity contribution in [3.8, 4) is 0 Å². The molecule has 0 radical (unpaired) electrons. The maximum Gasteiger partial charge on any atom is 0.286 e. The Kier molecular flexibility index (Phi) is 5.36.